The molecule has 1 atom stereocenters. The highest BCUT2D eigenvalue weighted by Gasteiger charge is 2.15. The maximum atomic E-state index is 5.77. The van der Waals surface area contributed by atoms with Crippen LogP contribution in [0.25, 0.3) is 0 Å². The summed E-state index contributed by atoms with van der Waals surface area (Å²) in [7, 11) is 1.85. The molecule has 0 bridgehead atoms. The fraction of sp³-hybridized carbons (Fsp3) is 0.944. The van der Waals surface area contributed by atoms with Crippen molar-refractivity contribution in [3.63, 3.8) is 0 Å². The van der Waals surface area contributed by atoms with Crippen LogP contribution in [0.1, 0.15) is 57.8 Å². The number of hydrogen-bond acceptors (Lipinski definition) is 3. The van der Waals surface area contributed by atoms with E-state index in [9.17, 15) is 0 Å². The Kier molecular flexibility index (Phi) is 9.41. The smallest absolute Gasteiger partial charge is 0.190 e. The molecule has 2 rings (SSSR count). The van der Waals surface area contributed by atoms with Crippen molar-refractivity contribution in [2.45, 2.75) is 63.9 Å². The number of rotatable bonds is 7. The second-order valence-corrected chi connectivity index (χ2v) is 6.80. The minimum absolute atomic E-state index is 0.312. The van der Waals surface area contributed by atoms with Crippen molar-refractivity contribution < 1.29 is 9.47 Å². The van der Waals surface area contributed by atoms with Gasteiger partial charge in [0.2, 0.25) is 0 Å². The van der Waals surface area contributed by atoms with Crippen LogP contribution in [0.15, 0.2) is 4.99 Å². The molecule has 1 unspecified atom stereocenters. The summed E-state index contributed by atoms with van der Waals surface area (Å²) in [5.41, 5.74) is 0. The molecule has 1 saturated carbocycles. The minimum atomic E-state index is 0.312. The van der Waals surface area contributed by atoms with Gasteiger partial charge in [0.05, 0.1) is 12.7 Å². The molecular weight excluding hydrogens is 290 g/mol. The van der Waals surface area contributed by atoms with E-state index in [-0.39, 0.29) is 0 Å². The van der Waals surface area contributed by atoms with Gasteiger partial charge in [-0.05, 0) is 31.6 Å². The van der Waals surface area contributed by atoms with Gasteiger partial charge in [0, 0.05) is 33.4 Å². The number of aliphatic imine (C=N–C) groups is 1. The molecule has 0 radical (unpaired) electrons. The van der Waals surface area contributed by atoms with Gasteiger partial charge >= 0.3 is 0 Å². The molecule has 0 spiro atoms. The molecule has 2 fully saturated rings. The topological polar surface area (TPSA) is 54.9 Å². The van der Waals surface area contributed by atoms with E-state index < -0.39 is 0 Å². The first-order valence-electron chi connectivity index (χ1n) is 9.52. The quantitative estimate of drug-likeness (QED) is 0.429. The molecule has 5 nitrogen and oxygen atoms in total. The first-order chi connectivity index (χ1) is 11.4. The summed E-state index contributed by atoms with van der Waals surface area (Å²) in [5.74, 6) is 1.73. The molecule has 1 aliphatic carbocycles. The van der Waals surface area contributed by atoms with Crippen molar-refractivity contribution in [2.75, 3.05) is 40.0 Å². The summed E-state index contributed by atoms with van der Waals surface area (Å²) in [5, 5.41) is 6.89. The highest BCUT2D eigenvalue weighted by molar-refractivity contribution is 5.79. The predicted octanol–water partition coefficient (Wildman–Crippen LogP) is 2.71. The van der Waals surface area contributed by atoms with Crippen LogP contribution in [0.2, 0.25) is 0 Å². The summed E-state index contributed by atoms with van der Waals surface area (Å²) < 4.78 is 11.1. The van der Waals surface area contributed by atoms with Crippen molar-refractivity contribution in [2.24, 2.45) is 10.9 Å². The van der Waals surface area contributed by atoms with E-state index in [1.54, 1.807) is 0 Å². The Morgan fingerprint density at radius 2 is 1.87 bits per heavy atom. The van der Waals surface area contributed by atoms with Gasteiger partial charge in [-0.1, -0.05) is 32.1 Å². The van der Waals surface area contributed by atoms with Gasteiger partial charge in [-0.25, -0.2) is 0 Å². The molecule has 0 aromatic rings. The Balaban J connectivity index is 1.51. The largest absolute Gasteiger partial charge is 0.379 e. The van der Waals surface area contributed by atoms with Crippen LogP contribution in [-0.4, -0.2) is 52.0 Å². The van der Waals surface area contributed by atoms with Crippen LogP contribution in [0.4, 0.5) is 0 Å². The second-order valence-electron chi connectivity index (χ2n) is 6.80. The summed E-state index contributed by atoms with van der Waals surface area (Å²) in [6, 6.07) is 0. The standard InChI is InChI=1S/C18H35N3O2/c1-19-18(20-11-7-12-23-17-10-13-22-15-17)21-14-16-8-5-3-2-4-6-9-16/h16-17H,2-15H2,1H3,(H2,19,20,21). The highest BCUT2D eigenvalue weighted by Crippen LogP contribution is 2.21. The maximum absolute atomic E-state index is 5.77. The Bertz CT molecular complexity index is 322. The van der Waals surface area contributed by atoms with Gasteiger partial charge in [0.1, 0.15) is 0 Å². The van der Waals surface area contributed by atoms with Gasteiger partial charge in [0.15, 0.2) is 5.96 Å². The third-order valence-electron chi connectivity index (χ3n) is 4.86. The number of ether oxygens (including phenoxy) is 2. The van der Waals surface area contributed by atoms with E-state index in [1.165, 1.54) is 44.9 Å². The van der Waals surface area contributed by atoms with Crippen LogP contribution in [0, 0.1) is 5.92 Å². The summed E-state index contributed by atoms with van der Waals surface area (Å²) in [6.45, 7) is 4.35. The Labute approximate surface area is 141 Å². The average Bonchev–Trinajstić information content (AvgIpc) is 3.04. The lowest BCUT2D eigenvalue weighted by molar-refractivity contribution is 0.0420. The SMILES string of the molecule is CN=C(NCCCOC1CCOC1)NCC1CCCCCCC1. The summed E-state index contributed by atoms with van der Waals surface area (Å²) >= 11 is 0. The molecule has 1 saturated heterocycles. The van der Waals surface area contributed by atoms with Crippen LogP contribution < -0.4 is 10.6 Å². The number of nitrogens with zero attached hydrogens (tertiary/aromatic N) is 1. The van der Waals surface area contributed by atoms with Crippen LogP contribution in [0.3, 0.4) is 0 Å². The molecule has 0 aromatic carbocycles. The zero-order valence-corrected chi connectivity index (χ0v) is 14.8. The average molecular weight is 325 g/mol. The first-order valence-corrected chi connectivity index (χ1v) is 9.52. The fourth-order valence-corrected chi connectivity index (χ4v) is 3.38. The minimum Gasteiger partial charge on any atom is -0.379 e. The molecule has 23 heavy (non-hydrogen) atoms. The highest BCUT2D eigenvalue weighted by atomic mass is 16.5. The number of guanidine groups is 1. The van der Waals surface area contributed by atoms with Gasteiger partial charge in [-0.3, -0.25) is 4.99 Å². The van der Waals surface area contributed by atoms with E-state index in [1.807, 2.05) is 7.05 Å². The van der Waals surface area contributed by atoms with Crippen LogP contribution in [-0.2, 0) is 9.47 Å². The molecule has 2 N–H and O–H groups in total. The Hall–Kier alpha value is -0.810. The van der Waals surface area contributed by atoms with Gasteiger partial charge in [0.25, 0.3) is 0 Å². The molecule has 1 aliphatic heterocycles. The maximum Gasteiger partial charge on any atom is 0.190 e. The third kappa shape index (κ3) is 8.02. The number of hydrogen-bond donors (Lipinski definition) is 2. The molecule has 5 heteroatoms. The first kappa shape index (κ1) is 18.5. The van der Waals surface area contributed by atoms with E-state index >= 15 is 0 Å². The normalized spacial score (nSPS) is 24.2. The predicted molar refractivity (Wildman–Crippen MR) is 95.0 cm³/mol. The number of nitrogens with one attached hydrogen (secondary N) is 2. The molecule has 0 aromatic heterocycles. The fourth-order valence-electron chi connectivity index (χ4n) is 3.38. The Morgan fingerprint density at radius 3 is 2.57 bits per heavy atom. The van der Waals surface area contributed by atoms with Crippen molar-refractivity contribution in [1.29, 1.82) is 0 Å². The Morgan fingerprint density at radius 1 is 1.09 bits per heavy atom. The zero-order chi connectivity index (χ0) is 16.2. The lowest BCUT2D eigenvalue weighted by atomic mass is 9.91. The third-order valence-corrected chi connectivity index (χ3v) is 4.86. The van der Waals surface area contributed by atoms with Gasteiger partial charge < -0.3 is 20.1 Å². The molecular formula is C18H35N3O2. The van der Waals surface area contributed by atoms with Crippen molar-refractivity contribution in [3.8, 4) is 0 Å². The second kappa shape index (κ2) is 11.7. The van der Waals surface area contributed by atoms with Crippen molar-refractivity contribution >= 4 is 5.96 Å². The van der Waals surface area contributed by atoms with Crippen molar-refractivity contribution in [1.82, 2.24) is 10.6 Å². The van der Waals surface area contributed by atoms with Crippen LogP contribution >= 0.6 is 0 Å². The lowest BCUT2D eigenvalue weighted by Gasteiger charge is -2.21. The molecule has 1 heterocycles. The molecule has 0 amide bonds. The van der Waals surface area contributed by atoms with E-state index in [0.29, 0.717) is 6.10 Å². The van der Waals surface area contributed by atoms with E-state index in [4.69, 9.17) is 9.47 Å². The van der Waals surface area contributed by atoms with Crippen LogP contribution in [0.5, 0.6) is 0 Å². The lowest BCUT2D eigenvalue weighted by Crippen LogP contribution is -2.40. The van der Waals surface area contributed by atoms with Gasteiger partial charge in [-0.2, -0.15) is 0 Å². The molecule has 2 aliphatic rings. The van der Waals surface area contributed by atoms with Gasteiger partial charge in [-0.15, -0.1) is 0 Å². The van der Waals surface area contributed by atoms with E-state index in [0.717, 1.165) is 57.6 Å². The molecule has 134 valence electrons. The monoisotopic (exact) mass is 325 g/mol. The van der Waals surface area contributed by atoms with Crippen molar-refractivity contribution in [3.05, 3.63) is 0 Å². The van der Waals surface area contributed by atoms with E-state index in [2.05, 4.69) is 15.6 Å². The summed E-state index contributed by atoms with van der Waals surface area (Å²) in [4.78, 5) is 4.32. The zero-order valence-electron chi connectivity index (χ0n) is 14.8. The summed E-state index contributed by atoms with van der Waals surface area (Å²) in [6.07, 6.45) is 12.1.